The van der Waals surface area contributed by atoms with Gasteiger partial charge in [0.2, 0.25) is 0 Å². The van der Waals surface area contributed by atoms with Gasteiger partial charge in [-0.15, -0.1) is 0 Å². The summed E-state index contributed by atoms with van der Waals surface area (Å²) in [5, 5.41) is 4.20. The van der Waals surface area contributed by atoms with Gasteiger partial charge in [-0.2, -0.15) is 0 Å². The zero-order valence-electron chi connectivity index (χ0n) is 12.6. The van der Waals surface area contributed by atoms with E-state index in [1.54, 1.807) is 0 Å². The lowest BCUT2D eigenvalue weighted by Crippen LogP contribution is -2.04. The van der Waals surface area contributed by atoms with Crippen LogP contribution in [0.15, 0.2) is 78.9 Å². The summed E-state index contributed by atoms with van der Waals surface area (Å²) < 4.78 is 12.6. The average molecular weight is 371 g/mol. The number of benzene rings is 4. The Hall–Kier alpha value is -1.79. The molecule has 4 rings (SSSR count). The van der Waals surface area contributed by atoms with Crippen molar-refractivity contribution in [1.29, 1.82) is 0 Å². The molecule has 0 aliphatic heterocycles. The van der Waals surface area contributed by atoms with Gasteiger partial charge in [0.15, 0.2) is 0 Å². The molecule has 24 heavy (non-hydrogen) atoms. The second-order valence-corrected chi connectivity index (χ2v) is 10.4. The minimum atomic E-state index is -3.48. The van der Waals surface area contributed by atoms with E-state index in [-0.39, 0.29) is 0 Å². The van der Waals surface area contributed by atoms with Crippen LogP contribution in [0.25, 0.3) is 32.7 Å². The van der Waals surface area contributed by atoms with Crippen molar-refractivity contribution in [3.05, 3.63) is 78.9 Å². The zero-order valence-corrected chi connectivity index (χ0v) is 15.0. The molecule has 0 saturated heterocycles. The van der Waals surface area contributed by atoms with E-state index in [9.17, 15) is 4.57 Å². The molecule has 0 N–H and O–H groups in total. The van der Waals surface area contributed by atoms with Crippen LogP contribution in [0.1, 0.15) is 0 Å². The van der Waals surface area contributed by atoms with Crippen LogP contribution in [-0.2, 0) is 4.57 Å². The average Bonchev–Trinajstić information content (AvgIpc) is 2.59. The number of fused-ring (bicyclic) bond motifs is 2. The summed E-state index contributed by atoms with van der Waals surface area (Å²) in [6, 6.07) is 25.9. The van der Waals surface area contributed by atoms with E-state index in [2.05, 4.69) is 12.1 Å². The Kier molecular flexibility index (Phi) is 3.89. The highest BCUT2D eigenvalue weighted by Crippen LogP contribution is 2.58. The molecule has 0 aliphatic carbocycles. The molecule has 0 radical (unpaired) electrons. The van der Waals surface area contributed by atoms with Crippen molar-refractivity contribution in [1.82, 2.24) is 0 Å². The summed E-state index contributed by atoms with van der Waals surface area (Å²) in [5.74, 6) is -3.48. The zero-order chi connectivity index (χ0) is 16.7. The molecule has 4 aromatic rings. The summed E-state index contributed by atoms with van der Waals surface area (Å²) in [7, 11) is 0. The van der Waals surface area contributed by atoms with Gasteiger partial charge in [-0.1, -0.05) is 78.9 Å². The highest BCUT2D eigenvalue weighted by Gasteiger charge is 2.26. The maximum Gasteiger partial charge on any atom is 0.283 e. The fraction of sp³-hybridized carbons (Fsp3) is 0. The second-order valence-electron chi connectivity index (χ2n) is 5.64. The van der Waals surface area contributed by atoms with Crippen molar-refractivity contribution in [2.45, 2.75) is 0 Å². The summed E-state index contributed by atoms with van der Waals surface area (Å²) in [4.78, 5) is 0. The minimum Gasteiger partial charge on any atom is -0.284 e. The molecular formula is C20H13Cl2OP. The van der Waals surface area contributed by atoms with E-state index >= 15 is 0 Å². The quantitative estimate of drug-likeness (QED) is 0.275. The minimum absolute atomic E-state index is 0.525. The van der Waals surface area contributed by atoms with Crippen molar-refractivity contribution in [3.63, 3.8) is 0 Å². The van der Waals surface area contributed by atoms with E-state index in [1.165, 1.54) is 0 Å². The molecule has 0 spiro atoms. The third kappa shape index (κ3) is 2.54. The van der Waals surface area contributed by atoms with Gasteiger partial charge in [-0.05, 0) is 55.2 Å². The molecule has 0 atom stereocenters. The monoisotopic (exact) mass is 370 g/mol. The van der Waals surface area contributed by atoms with Crippen molar-refractivity contribution in [2.75, 3.05) is 0 Å². The van der Waals surface area contributed by atoms with Crippen LogP contribution < -0.4 is 5.30 Å². The van der Waals surface area contributed by atoms with Gasteiger partial charge in [0.1, 0.15) is 0 Å². The normalized spacial score (nSPS) is 11.9. The molecule has 1 nitrogen and oxygen atoms in total. The van der Waals surface area contributed by atoms with Crippen LogP contribution in [-0.4, -0.2) is 0 Å². The first-order valence-electron chi connectivity index (χ1n) is 7.56. The molecule has 0 fully saturated rings. The maximum atomic E-state index is 12.6. The lowest BCUT2D eigenvalue weighted by Gasteiger charge is -2.17. The van der Waals surface area contributed by atoms with Gasteiger partial charge in [0.25, 0.3) is 5.85 Å². The van der Waals surface area contributed by atoms with Crippen LogP contribution in [0.3, 0.4) is 0 Å². The van der Waals surface area contributed by atoms with Crippen LogP contribution in [0.5, 0.6) is 0 Å². The number of halogens is 2. The highest BCUT2D eigenvalue weighted by molar-refractivity contribution is 8.14. The lowest BCUT2D eigenvalue weighted by molar-refractivity contribution is 0.598. The molecule has 0 aromatic heterocycles. The Morgan fingerprint density at radius 2 is 1.00 bits per heavy atom. The van der Waals surface area contributed by atoms with Crippen LogP contribution in [0, 0.1) is 0 Å². The molecule has 0 amide bonds. The van der Waals surface area contributed by atoms with Gasteiger partial charge in [-0.25, -0.2) is 0 Å². The molecule has 0 saturated carbocycles. The Labute approximate surface area is 149 Å². The van der Waals surface area contributed by atoms with E-state index in [0.29, 0.717) is 5.30 Å². The maximum absolute atomic E-state index is 12.6. The summed E-state index contributed by atoms with van der Waals surface area (Å²) >= 11 is 12.3. The van der Waals surface area contributed by atoms with Crippen LogP contribution in [0.2, 0.25) is 0 Å². The third-order valence-electron chi connectivity index (χ3n) is 4.23. The van der Waals surface area contributed by atoms with Gasteiger partial charge in [-0.3, -0.25) is 4.57 Å². The highest BCUT2D eigenvalue weighted by atomic mass is 35.9. The van der Waals surface area contributed by atoms with Crippen LogP contribution in [0.4, 0.5) is 0 Å². The SMILES string of the molecule is O=P(Cl)(Cl)c1c2ccccc2c(-c2ccccc2)c2ccccc12. The number of rotatable bonds is 2. The van der Waals surface area contributed by atoms with Crippen molar-refractivity contribution < 1.29 is 4.57 Å². The molecular weight excluding hydrogens is 358 g/mol. The first kappa shape index (κ1) is 15.7. The topological polar surface area (TPSA) is 17.1 Å². The summed E-state index contributed by atoms with van der Waals surface area (Å²) in [5.41, 5.74) is 2.21. The number of hydrogen-bond donors (Lipinski definition) is 0. The molecule has 4 aromatic carbocycles. The fourth-order valence-corrected chi connectivity index (χ4v) is 5.35. The van der Waals surface area contributed by atoms with E-state index in [1.807, 2.05) is 66.7 Å². The predicted molar refractivity (Wildman–Crippen MR) is 106 cm³/mol. The van der Waals surface area contributed by atoms with E-state index < -0.39 is 5.85 Å². The van der Waals surface area contributed by atoms with Gasteiger partial charge < -0.3 is 0 Å². The summed E-state index contributed by atoms with van der Waals surface area (Å²) in [6.07, 6.45) is 0. The van der Waals surface area contributed by atoms with E-state index in [0.717, 1.165) is 32.7 Å². The van der Waals surface area contributed by atoms with Gasteiger partial charge in [0.05, 0.1) is 5.30 Å². The third-order valence-corrected chi connectivity index (χ3v) is 6.24. The number of hydrogen-bond acceptors (Lipinski definition) is 1. The molecule has 0 aliphatic rings. The first-order chi connectivity index (χ1) is 11.6. The predicted octanol–water partition coefficient (Wildman–Crippen LogP) is 6.96. The smallest absolute Gasteiger partial charge is 0.283 e. The Bertz CT molecular complexity index is 1040. The van der Waals surface area contributed by atoms with Crippen LogP contribution >= 0.6 is 28.3 Å². The fourth-order valence-electron chi connectivity index (χ4n) is 3.30. The Morgan fingerprint density at radius 3 is 1.46 bits per heavy atom. The molecule has 118 valence electrons. The van der Waals surface area contributed by atoms with Crippen molar-refractivity contribution in [3.8, 4) is 11.1 Å². The van der Waals surface area contributed by atoms with Crippen molar-refractivity contribution in [2.24, 2.45) is 0 Å². The summed E-state index contributed by atoms with van der Waals surface area (Å²) in [6.45, 7) is 0. The Morgan fingerprint density at radius 1 is 0.583 bits per heavy atom. The largest absolute Gasteiger partial charge is 0.284 e. The molecule has 0 bridgehead atoms. The second kappa shape index (κ2) is 5.93. The Balaban J connectivity index is 2.31. The molecule has 0 heterocycles. The first-order valence-corrected chi connectivity index (χ1v) is 11.1. The van der Waals surface area contributed by atoms with Gasteiger partial charge in [0, 0.05) is 0 Å². The lowest BCUT2D eigenvalue weighted by atomic mass is 9.92. The van der Waals surface area contributed by atoms with Gasteiger partial charge >= 0.3 is 0 Å². The van der Waals surface area contributed by atoms with E-state index in [4.69, 9.17) is 22.5 Å². The molecule has 4 heteroatoms. The standard InChI is InChI=1S/C20H13Cl2OP/c21-24(22,23)20-17-12-6-4-10-15(17)19(14-8-2-1-3-9-14)16-11-5-7-13-18(16)20/h1-13H. The van der Waals surface area contributed by atoms with Crippen molar-refractivity contribution >= 4 is 55.2 Å². The molecule has 0 unspecified atom stereocenters.